The van der Waals surface area contributed by atoms with Gasteiger partial charge in [0, 0.05) is 5.92 Å². The van der Waals surface area contributed by atoms with E-state index in [9.17, 15) is 9.90 Å². The van der Waals surface area contributed by atoms with Crippen LogP contribution >= 0.6 is 0 Å². The lowest BCUT2D eigenvalue weighted by Crippen LogP contribution is -2.34. The molecule has 3 heteroatoms. The van der Waals surface area contributed by atoms with Crippen molar-refractivity contribution in [2.45, 2.75) is 46.6 Å². The van der Waals surface area contributed by atoms with Gasteiger partial charge < -0.3 is 9.84 Å². The molecule has 0 aliphatic heterocycles. The second-order valence-electron chi connectivity index (χ2n) is 5.22. The number of hydrogen-bond donors (Lipinski definition) is 1. The Bertz CT molecular complexity index is 304. The molecule has 0 aromatic rings. The summed E-state index contributed by atoms with van der Waals surface area (Å²) in [5, 5.41) is 9.45. The second kappa shape index (κ2) is 6.60. The minimum atomic E-state index is -1.43. The zero-order valence-electron chi connectivity index (χ0n) is 11.5. The summed E-state index contributed by atoms with van der Waals surface area (Å²) in [6.45, 7) is 13.0. The smallest absolute Gasteiger partial charge is 0.337 e. The normalized spacial score (nSPS) is 12.8. The van der Waals surface area contributed by atoms with E-state index in [1.54, 1.807) is 0 Å². The van der Waals surface area contributed by atoms with E-state index < -0.39 is 11.6 Å². The zero-order chi connectivity index (χ0) is 13.6. The predicted octanol–water partition coefficient (Wildman–Crippen LogP) is 2.85. The summed E-state index contributed by atoms with van der Waals surface area (Å²) in [5.74, 6) is -0.489. The Morgan fingerprint density at radius 1 is 1.41 bits per heavy atom. The molecule has 0 aliphatic carbocycles. The number of allylic oxidation sites excluding steroid dienone is 2. The second-order valence-corrected chi connectivity index (χ2v) is 5.22. The third-order valence-corrected chi connectivity index (χ3v) is 2.42. The van der Waals surface area contributed by atoms with Crippen LogP contribution in [0, 0.1) is 5.92 Å². The van der Waals surface area contributed by atoms with Gasteiger partial charge in [-0.25, -0.2) is 4.79 Å². The summed E-state index contributed by atoms with van der Waals surface area (Å²) in [5.41, 5.74) is 0.770. The molecule has 0 amide bonds. The number of carbonyl (C=O) groups excluding carboxylic acids is 1. The van der Waals surface area contributed by atoms with Crippen LogP contribution < -0.4 is 0 Å². The first kappa shape index (κ1) is 15.9. The van der Waals surface area contributed by atoms with Gasteiger partial charge >= 0.3 is 5.97 Å². The molecule has 0 aromatic carbocycles. The maximum absolute atomic E-state index is 11.4. The summed E-state index contributed by atoms with van der Waals surface area (Å²) in [6, 6.07) is 0. The molecule has 17 heavy (non-hydrogen) atoms. The first-order chi connectivity index (χ1) is 7.64. The average molecular weight is 240 g/mol. The van der Waals surface area contributed by atoms with Crippen LogP contribution in [0.5, 0.6) is 0 Å². The van der Waals surface area contributed by atoms with Crippen LogP contribution in [0.15, 0.2) is 23.8 Å². The largest absolute Gasteiger partial charge is 0.463 e. The quantitative estimate of drug-likeness (QED) is 0.573. The SMILES string of the molecule is C=C(C)C(CC=C(C)C)COC(=O)C(C)(C)O. The van der Waals surface area contributed by atoms with Crippen LogP contribution in [0.4, 0.5) is 0 Å². The van der Waals surface area contributed by atoms with Crippen molar-refractivity contribution in [3.8, 4) is 0 Å². The summed E-state index contributed by atoms with van der Waals surface area (Å²) < 4.78 is 5.08. The van der Waals surface area contributed by atoms with Crippen molar-refractivity contribution >= 4 is 5.97 Å². The van der Waals surface area contributed by atoms with Crippen molar-refractivity contribution in [3.05, 3.63) is 23.8 Å². The van der Waals surface area contributed by atoms with Crippen molar-refractivity contribution in [2.75, 3.05) is 6.61 Å². The van der Waals surface area contributed by atoms with Crippen molar-refractivity contribution in [2.24, 2.45) is 5.92 Å². The van der Waals surface area contributed by atoms with E-state index in [-0.39, 0.29) is 12.5 Å². The Morgan fingerprint density at radius 2 is 1.94 bits per heavy atom. The summed E-state index contributed by atoms with van der Waals surface area (Å²) in [6.07, 6.45) is 2.90. The molecule has 1 unspecified atom stereocenters. The fraction of sp³-hybridized carbons (Fsp3) is 0.643. The van der Waals surface area contributed by atoms with Crippen molar-refractivity contribution < 1.29 is 14.6 Å². The van der Waals surface area contributed by atoms with Gasteiger partial charge in [0.25, 0.3) is 0 Å². The molecular formula is C14H24O3. The maximum Gasteiger partial charge on any atom is 0.337 e. The highest BCUT2D eigenvalue weighted by Crippen LogP contribution is 2.16. The van der Waals surface area contributed by atoms with E-state index in [2.05, 4.69) is 12.7 Å². The van der Waals surface area contributed by atoms with E-state index >= 15 is 0 Å². The first-order valence-electron chi connectivity index (χ1n) is 5.83. The molecule has 0 aromatic heterocycles. The van der Waals surface area contributed by atoms with E-state index in [1.807, 2.05) is 20.8 Å². The molecule has 1 atom stereocenters. The molecule has 0 bridgehead atoms. The van der Waals surface area contributed by atoms with E-state index in [0.29, 0.717) is 0 Å². The van der Waals surface area contributed by atoms with Crippen LogP contribution in [0.25, 0.3) is 0 Å². The van der Waals surface area contributed by atoms with Crippen LogP contribution in [0.1, 0.15) is 41.0 Å². The lowest BCUT2D eigenvalue weighted by molar-refractivity contribution is -0.162. The minimum absolute atomic E-state index is 0.108. The summed E-state index contributed by atoms with van der Waals surface area (Å²) >= 11 is 0. The van der Waals surface area contributed by atoms with Crippen LogP contribution in [-0.4, -0.2) is 23.3 Å². The van der Waals surface area contributed by atoms with Crippen molar-refractivity contribution in [3.63, 3.8) is 0 Å². The zero-order valence-corrected chi connectivity index (χ0v) is 11.5. The molecule has 0 rings (SSSR count). The Labute approximate surface area is 104 Å². The van der Waals surface area contributed by atoms with Gasteiger partial charge in [-0.3, -0.25) is 0 Å². The van der Waals surface area contributed by atoms with E-state index in [4.69, 9.17) is 4.74 Å². The molecule has 0 fully saturated rings. The van der Waals surface area contributed by atoms with Gasteiger partial charge in [-0.15, -0.1) is 0 Å². The van der Waals surface area contributed by atoms with Crippen LogP contribution in [0.2, 0.25) is 0 Å². The van der Waals surface area contributed by atoms with Gasteiger partial charge in [-0.05, 0) is 41.0 Å². The van der Waals surface area contributed by atoms with Crippen molar-refractivity contribution in [1.82, 2.24) is 0 Å². The highest BCUT2D eigenvalue weighted by molar-refractivity contribution is 5.78. The number of carbonyl (C=O) groups is 1. The van der Waals surface area contributed by atoms with Gasteiger partial charge in [0.2, 0.25) is 0 Å². The number of ether oxygens (including phenoxy) is 1. The fourth-order valence-corrected chi connectivity index (χ4v) is 1.14. The molecule has 1 N–H and O–H groups in total. The molecular weight excluding hydrogens is 216 g/mol. The molecule has 0 aliphatic rings. The van der Waals surface area contributed by atoms with Gasteiger partial charge in [-0.2, -0.15) is 0 Å². The summed E-state index contributed by atoms with van der Waals surface area (Å²) in [7, 11) is 0. The number of hydrogen-bond acceptors (Lipinski definition) is 3. The monoisotopic (exact) mass is 240 g/mol. The number of esters is 1. The third-order valence-electron chi connectivity index (χ3n) is 2.42. The molecule has 0 spiro atoms. The van der Waals surface area contributed by atoms with E-state index in [1.165, 1.54) is 19.4 Å². The topological polar surface area (TPSA) is 46.5 Å². The van der Waals surface area contributed by atoms with Crippen LogP contribution in [0.3, 0.4) is 0 Å². The average Bonchev–Trinajstić information content (AvgIpc) is 2.14. The fourth-order valence-electron chi connectivity index (χ4n) is 1.14. The lowest BCUT2D eigenvalue weighted by Gasteiger charge is -2.20. The Kier molecular flexibility index (Phi) is 6.18. The highest BCUT2D eigenvalue weighted by Gasteiger charge is 2.26. The molecule has 0 saturated heterocycles. The minimum Gasteiger partial charge on any atom is -0.463 e. The lowest BCUT2D eigenvalue weighted by atomic mass is 9.98. The van der Waals surface area contributed by atoms with Crippen molar-refractivity contribution in [1.29, 1.82) is 0 Å². The summed E-state index contributed by atoms with van der Waals surface area (Å²) in [4.78, 5) is 11.4. The van der Waals surface area contributed by atoms with Gasteiger partial charge in [0.15, 0.2) is 5.60 Å². The standard InChI is InChI=1S/C14H24O3/c1-10(2)7-8-12(11(3)4)9-17-13(15)14(5,6)16/h7,12,16H,3,8-9H2,1-2,4-6H3. The molecule has 0 saturated carbocycles. The van der Waals surface area contributed by atoms with E-state index in [0.717, 1.165) is 12.0 Å². The highest BCUT2D eigenvalue weighted by atomic mass is 16.5. The van der Waals surface area contributed by atoms with Gasteiger partial charge in [-0.1, -0.05) is 23.8 Å². The Hall–Kier alpha value is -1.09. The predicted molar refractivity (Wildman–Crippen MR) is 69.6 cm³/mol. The Balaban J connectivity index is 4.34. The molecule has 3 nitrogen and oxygen atoms in total. The number of rotatable bonds is 6. The molecule has 0 radical (unpaired) electrons. The molecule has 0 heterocycles. The van der Waals surface area contributed by atoms with Gasteiger partial charge in [0.05, 0.1) is 6.61 Å². The van der Waals surface area contributed by atoms with Crippen LogP contribution in [-0.2, 0) is 9.53 Å². The Morgan fingerprint density at radius 3 is 2.29 bits per heavy atom. The molecule has 98 valence electrons. The third kappa shape index (κ3) is 6.95. The number of aliphatic hydroxyl groups is 1. The first-order valence-corrected chi connectivity index (χ1v) is 5.83. The van der Waals surface area contributed by atoms with Gasteiger partial charge in [0.1, 0.15) is 0 Å². The maximum atomic E-state index is 11.4.